The third kappa shape index (κ3) is 14.1. The quantitative estimate of drug-likeness (QED) is 0.253. The molecule has 0 radical (unpaired) electrons. The Bertz CT molecular complexity index is 603. The minimum Gasteiger partial charge on any atom is -0.508 e. The summed E-state index contributed by atoms with van der Waals surface area (Å²) in [5, 5.41) is 31.9. The van der Waals surface area contributed by atoms with Crippen molar-refractivity contribution in [1.29, 1.82) is 0 Å². The molecule has 0 aliphatic heterocycles. The standard InChI is InChI=1S/C16H25N3O4.C2H4O2/c17-7-6-15(22)18-8-2-1-3-9-19-16(23)11-12-10-13(20)4-5-14(12)21;1-2(3)4/h4-5,10,20-21H,1-3,6-9,11,17H2,(H,18,22)(H,19,23);1H3,(H,3,4). The van der Waals surface area contributed by atoms with Gasteiger partial charge in [0.2, 0.25) is 11.8 Å². The van der Waals surface area contributed by atoms with Crippen LogP contribution in [-0.4, -0.2) is 52.7 Å². The molecule has 7 N–H and O–H groups in total. The lowest BCUT2D eigenvalue weighted by atomic mass is 10.1. The molecule has 0 aromatic heterocycles. The van der Waals surface area contributed by atoms with Crippen molar-refractivity contribution in [2.75, 3.05) is 19.6 Å². The lowest BCUT2D eigenvalue weighted by Crippen LogP contribution is -2.27. The van der Waals surface area contributed by atoms with Gasteiger partial charge in [0.1, 0.15) is 11.5 Å². The average molecular weight is 383 g/mol. The van der Waals surface area contributed by atoms with E-state index in [-0.39, 0.29) is 29.7 Å². The van der Waals surface area contributed by atoms with Crippen LogP contribution in [0.3, 0.4) is 0 Å². The number of carbonyl (C=O) groups excluding carboxylic acids is 2. The second-order valence-corrected chi connectivity index (χ2v) is 5.81. The summed E-state index contributed by atoms with van der Waals surface area (Å²) in [5.41, 5.74) is 5.66. The van der Waals surface area contributed by atoms with Crippen LogP contribution in [0.1, 0.15) is 38.2 Å². The van der Waals surface area contributed by atoms with Gasteiger partial charge in [-0.25, -0.2) is 0 Å². The Kier molecular flexibility index (Phi) is 12.9. The zero-order valence-electron chi connectivity index (χ0n) is 15.5. The van der Waals surface area contributed by atoms with Crippen LogP contribution in [0.2, 0.25) is 0 Å². The molecule has 0 atom stereocenters. The number of carbonyl (C=O) groups is 3. The molecule has 0 saturated heterocycles. The molecule has 1 aromatic rings. The molecule has 9 nitrogen and oxygen atoms in total. The van der Waals surface area contributed by atoms with E-state index >= 15 is 0 Å². The second-order valence-electron chi connectivity index (χ2n) is 5.81. The molecule has 0 aliphatic rings. The van der Waals surface area contributed by atoms with E-state index in [1.165, 1.54) is 18.2 Å². The van der Waals surface area contributed by atoms with Crippen molar-refractivity contribution in [1.82, 2.24) is 10.6 Å². The fraction of sp³-hybridized carbons (Fsp3) is 0.500. The second kappa shape index (κ2) is 14.4. The number of unbranched alkanes of at least 4 members (excludes halogenated alkanes) is 2. The zero-order chi connectivity index (χ0) is 20.7. The first-order valence-corrected chi connectivity index (χ1v) is 8.70. The Labute approximate surface area is 158 Å². The number of nitrogens with one attached hydrogen (secondary N) is 2. The van der Waals surface area contributed by atoms with Gasteiger partial charge in [-0.3, -0.25) is 14.4 Å². The van der Waals surface area contributed by atoms with E-state index in [0.29, 0.717) is 31.6 Å². The normalized spacial score (nSPS) is 9.70. The van der Waals surface area contributed by atoms with Crippen molar-refractivity contribution in [2.45, 2.75) is 39.0 Å². The number of aromatic hydroxyl groups is 2. The topological polar surface area (TPSA) is 162 Å². The van der Waals surface area contributed by atoms with Gasteiger partial charge >= 0.3 is 0 Å². The van der Waals surface area contributed by atoms with Gasteiger partial charge in [-0.05, 0) is 37.5 Å². The fourth-order valence-corrected chi connectivity index (χ4v) is 2.05. The summed E-state index contributed by atoms with van der Waals surface area (Å²) in [6.45, 7) is 2.59. The van der Waals surface area contributed by atoms with Crippen LogP contribution < -0.4 is 16.4 Å². The number of carboxylic acids is 1. The summed E-state index contributed by atoms with van der Waals surface area (Å²) in [7, 11) is 0. The minimum absolute atomic E-state index is 0.00818. The Balaban J connectivity index is 0.00000153. The third-order valence-corrected chi connectivity index (χ3v) is 3.28. The predicted molar refractivity (Wildman–Crippen MR) is 100 cm³/mol. The van der Waals surface area contributed by atoms with E-state index < -0.39 is 5.97 Å². The summed E-state index contributed by atoms with van der Waals surface area (Å²) < 4.78 is 0. The van der Waals surface area contributed by atoms with Crippen molar-refractivity contribution in [3.05, 3.63) is 23.8 Å². The Morgan fingerprint density at radius 2 is 1.56 bits per heavy atom. The summed E-state index contributed by atoms with van der Waals surface area (Å²) in [6, 6.07) is 4.10. The van der Waals surface area contributed by atoms with Crippen molar-refractivity contribution < 1.29 is 29.7 Å². The molecule has 0 bridgehead atoms. The number of nitrogens with two attached hydrogens (primary N) is 1. The highest BCUT2D eigenvalue weighted by atomic mass is 16.4. The van der Waals surface area contributed by atoms with Crippen LogP contribution in [0.4, 0.5) is 0 Å². The highest BCUT2D eigenvalue weighted by Crippen LogP contribution is 2.22. The molecule has 152 valence electrons. The van der Waals surface area contributed by atoms with E-state index in [1.807, 2.05) is 0 Å². The van der Waals surface area contributed by atoms with Crippen molar-refractivity contribution in [2.24, 2.45) is 5.73 Å². The Hall–Kier alpha value is -2.81. The van der Waals surface area contributed by atoms with Crippen molar-refractivity contribution in [3.8, 4) is 11.5 Å². The van der Waals surface area contributed by atoms with Crippen LogP contribution in [0.5, 0.6) is 11.5 Å². The van der Waals surface area contributed by atoms with E-state index in [0.717, 1.165) is 26.2 Å². The number of phenols is 2. The Morgan fingerprint density at radius 1 is 1.00 bits per heavy atom. The molecule has 0 aliphatic carbocycles. The predicted octanol–water partition coefficient (Wildman–Crippen LogP) is 0.483. The number of rotatable bonds is 10. The third-order valence-electron chi connectivity index (χ3n) is 3.28. The lowest BCUT2D eigenvalue weighted by Gasteiger charge is -2.07. The molecule has 0 fully saturated rings. The first-order valence-electron chi connectivity index (χ1n) is 8.70. The summed E-state index contributed by atoms with van der Waals surface area (Å²) in [5.74, 6) is -1.07. The number of amides is 2. The molecule has 1 aromatic carbocycles. The van der Waals surface area contributed by atoms with Gasteiger partial charge in [0, 0.05) is 38.5 Å². The first kappa shape index (κ1) is 24.2. The van der Waals surface area contributed by atoms with Crippen LogP contribution >= 0.6 is 0 Å². The van der Waals surface area contributed by atoms with Crippen LogP contribution in [0, 0.1) is 0 Å². The number of carboxylic acid groups (broad SMARTS) is 1. The largest absolute Gasteiger partial charge is 0.508 e. The van der Waals surface area contributed by atoms with Crippen LogP contribution in [0.25, 0.3) is 0 Å². The number of hydrogen-bond acceptors (Lipinski definition) is 6. The van der Waals surface area contributed by atoms with Gasteiger partial charge in [0.25, 0.3) is 5.97 Å². The molecule has 9 heteroatoms. The van der Waals surface area contributed by atoms with Crippen molar-refractivity contribution >= 4 is 17.8 Å². The maximum absolute atomic E-state index is 11.8. The molecule has 0 unspecified atom stereocenters. The molecular weight excluding hydrogens is 354 g/mol. The van der Waals surface area contributed by atoms with E-state index in [4.69, 9.17) is 15.6 Å². The Morgan fingerprint density at radius 3 is 2.11 bits per heavy atom. The van der Waals surface area contributed by atoms with Gasteiger partial charge in [0.15, 0.2) is 0 Å². The monoisotopic (exact) mass is 383 g/mol. The summed E-state index contributed by atoms with van der Waals surface area (Å²) in [4.78, 5) is 31.9. The molecule has 1 rings (SSSR count). The summed E-state index contributed by atoms with van der Waals surface area (Å²) in [6.07, 6.45) is 2.91. The summed E-state index contributed by atoms with van der Waals surface area (Å²) >= 11 is 0. The number of aliphatic carboxylic acids is 1. The SMILES string of the molecule is CC(=O)O.NCCC(=O)NCCCCCNC(=O)Cc1cc(O)ccc1O. The zero-order valence-corrected chi connectivity index (χ0v) is 15.5. The average Bonchev–Trinajstić information content (AvgIpc) is 2.57. The highest BCUT2D eigenvalue weighted by Gasteiger charge is 2.08. The lowest BCUT2D eigenvalue weighted by molar-refractivity contribution is -0.134. The van der Waals surface area contributed by atoms with E-state index in [2.05, 4.69) is 10.6 Å². The minimum atomic E-state index is -0.833. The number of phenolic OH excluding ortho intramolecular Hbond substituents is 2. The first-order chi connectivity index (χ1) is 12.8. The molecule has 27 heavy (non-hydrogen) atoms. The van der Waals surface area contributed by atoms with E-state index in [1.54, 1.807) is 0 Å². The fourth-order valence-electron chi connectivity index (χ4n) is 2.05. The van der Waals surface area contributed by atoms with Gasteiger partial charge < -0.3 is 31.7 Å². The van der Waals surface area contributed by atoms with Crippen LogP contribution in [0.15, 0.2) is 18.2 Å². The molecule has 2 amide bonds. The number of hydrogen-bond donors (Lipinski definition) is 6. The van der Waals surface area contributed by atoms with Gasteiger partial charge in [-0.15, -0.1) is 0 Å². The smallest absolute Gasteiger partial charge is 0.300 e. The molecule has 0 saturated carbocycles. The molecule has 0 heterocycles. The van der Waals surface area contributed by atoms with Gasteiger partial charge in [-0.1, -0.05) is 0 Å². The maximum atomic E-state index is 11.8. The number of benzene rings is 1. The molecule has 0 spiro atoms. The van der Waals surface area contributed by atoms with Gasteiger partial charge in [0.05, 0.1) is 6.42 Å². The maximum Gasteiger partial charge on any atom is 0.300 e. The molecular formula is C18H29N3O6. The van der Waals surface area contributed by atoms with Crippen molar-refractivity contribution in [3.63, 3.8) is 0 Å². The highest BCUT2D eigenvalue weighted by molar-refractivity contribution is 5.79. The van der Waals surface area contributed by atoms with Crippen LogP contribution in [-0.2, 0) is 20.8 Å². The van der Waals surface area contributed by atoms with E-state index in [9.17, 15) is 19.8 Å². The van der Waals surface area contributed by atoms with Gasteiger partial charge in [-0.2, -0.15) is 0 Å².